The minimum atomic E-state index is -3.84. The Bertz CT molecular complexity index is 1480. The summed E-state index contributed by atoms with van der Waals surface area (Å²) >= 11 is 0. The first-order chi connectivity index (χ1) is 16.7. The number of anilines is 3. The van der Waals surface area contributed by atoms with Crippen molar-refractivity contribution in [3.8, 4) is 0 Å². The molecule has 0 aliphatic rings. The molecule has 3 aromatic rings. The summed E-state index contributed by atoms with van der Waals surface area (Å²) in [5, 5.41) is 2.68. The van der Waals surface area contributed by atoms with E-state index in [9.17, 15) is 21.6 Å². The molecule has 0 saturated carbocycles. The van der Waals surface area contributed by atoms with Gasteiger partial charge in [-0.3, -0.25) is 13.8 Å². The summed E-state index contributed by atoms with van der Waals surface area (Å²) in [5.41, 5.74) is 4.70. The Labute approximate surface area is 213 Å². The van der Waals surface area contributed by atoms with E-state index in [1.807, 2.05) is 45.9 Å². The molecule has 0 aliphatic carbocycles. The first-order valence-electron chi connectivity index (χ1n) is 11.3. The topological polar surface area (TPSA) is 113 Å². The Kier molecular flexibility index (Phi) is 7.80. The third-order valence-electron chi connectivity index (χ3n) is 5.62. The zero-order chi connectivity index (χ0) is 26.8. The lowest BCUT2D eigenvalue weighted by Gasteiger charge is -2.28. The van der Waals surface area contributed by atoms with Gasteiger partial charge in [0.25, 0.3) is 10.0 Å². The van der Waals surface area contributed by atoms with Crippen molar-refractivity contribution in [3.05, 3.63) is 82.9 Å². The molecule has 36 heavy (non-hydrogen) atoms. The lowest BCUT2D eigenvalue weighted by molar-refractivity contribution is -0.116. The van der Waals surface area contributed by atoms with E-state index in [-0.39, 0.29) is 4.90 Å². The number of benzene rings is 3. The van der Waals surface area contributed by atoms with E-state index < -0.39 is 32.0 Å². The average Bonchev–Trinajstić information content (AvgIpc) is 2.75. The fraction of sp³-hybridized carbons (Fsp3) is 0.269. The molecule has 3 rings (SSSR count). The molecule has 1 amide bonds. The van der Waals surface area contributed by atoms with Gasteiger partial charge in [-0.05, 0) is 99.3 Å². The highest BCUT2D eigenvalue weighted by Crippen LogP contribution is 2.25. The zero-order valence-corrected chi connectivity index (χ0v) is 22.8. The van der Waals surface area contributed by atoms with Crippen molar-refractivity contribution < 1.29 is 21.6 Å². The fourth-order valence-electron chi connectivity index (χ4n) is 3.90. The Balaban J connectivity index is 1.80. The average molecular weight is 530 g/mol. The van der Waals surface area contributed by atoms with Crippen molar-refractivity contribution in [1.82, 2.24) is 0 Å². The molecule has 0 unspecified atom stereocenters. The minimum Gasteiger partial charge on any atom is -0.324 e. The summed E-state index contributed by atoms with van der Waals surface area (Å²) in [6.07, 6.45) is 1.05. The van der Waals surface area contributed by atoms with E-state index in [0.717, 1.165) is 32.8 Å². The van der Waals surface area contributed by atoms with Crippen LogP contribution in [-0.4, -0.2) is 35.0 Å². The second kappa shape index (κ2) is 10.3. The second-order valence-corrected chi connectivity index (χ2v) is 12.6. The van der Waals surface area contributed by atoms with E-state index in [1.165, 1.54) is 31.2 Å². The van der Waals surface area contributed by atoms with Gasteiger partial charge in [-0.2, -0.15) is 0 Å². The summed E-state index contributed by atoms with van der Waals surface area (Å²) in [5.74, 6) is -0.552. The van der Waals surface area contributed by atoms with Crippen molar-refractivity contribution in [1.29, 1.82) is 0 Å². The molecular weight excluding hydrogens is 498 g/mol. The summed E-state index contributed by atoms with van der Waals surface area (Å²) in [6, 6.07) is 15.5. The van der Waals surface area contributed by atoms with Crippen LogP contribution in [0, 0.1) is 27.7 Å². The van der Waals surface area contributed by atoms with Crippen LogP contribution in [0.2, 0.25) is 0 Å². The first-order valence-corrected chi connectivity index (χ1v) is 14.6. The standard InChI is InChI=1S/C26H31N3O5S2/c1-17-7-8-20(4)25(16-17)28-36(33,34)24-11-9-22(10-12-24)27-26(30)21(5)29(35(6,31)32)23-14-18(2)13-19(3)15-23/h7-16,21,28H,1-6H3,(H,27,30)/t21-/m0/s1. The lowest BCUT2D eigenvalue weighted by Crippen LogP contribution is -2.45. The van der Waals surface area contributed by atoms with Gasteiger partial charge in [-0.1, -0.05) is 18.2 Å². The maximum atomic E-state index is 13.0. The summed E-state index contributed by atoms with van der Waals surface area (Å²) < 4.78 is 54.5. The van der Waals surface area contributed by atoms with E-state index in [2.05, 4.69) is 10.0 Å². The molecule has 0 radical (unpaired) electrons. The number of hydrogen-bond acceptors (Lipinski definition) is 5. The highest BCUT2D eigenvalue weighted by molar-refractivity contribution is 7.92. The van der Waals surface area contributed by atoms with Crippen LogP contribution in [0.25, 0.3) is 0 Å². The molecule has 192 valence electrons. The number of hydrogen-bond donors (Lipinski definition) is 2. The van der Waals surface area contributed by atoms with Crippen LogP contribution in [0.4, 0.5) is 17.1 Å². The Morgan fingerprint density at radius 3 is 1.94 bits per heavy atom. The SMILES string of the molecule is Cc1cc(C)cc(N([C@@H](C)C(=O)Nc2ccc(S(=O)(=O)Nc3cc(C)ccc3C)cc2)S(C)(=O)=O)c1. The van der Waals surface area contributed by atoms with E-state index >= 15 is 0 Å². The van der Waals surface area contributed by atoms with Crippen LogP contribution < -0.4 is 14.3 Å². The number of aryl methyl sites for hydroxylation is 4. The minimum absolute atomic E-state index is 0.0300. The number of amides is 1. The van der Waals surface area contributed by atoms with Crippen molar-refractivity contribution in [2.75, 3.05) is 20.6 Å². The normalized spacial score (nSPS) is 12.6. The number of carbonyl (C=O) groups is 1. The van der Waals surface area contributed by atoms with Crippen LogP contribution in [0.3, 0.4) is 0 Å². The van der Waals surface area contributed by atoms with Gasteiger partial charge in [0, 0.05) is 5.69 Å². The van der Waals surface area contributed by atoms with E-state index in [4.69, 9.17) is 0 Å². The fourth-order valence-corrected chi connectivity index (χ4v) is 6.18. The van der Waals surface area contributed by atoms with Gasteiger partial charge in [0.05, 0.1) is 22.5 Å². The number of sulfonamides is 2. The van der Waals surface area contributed by atoms with Crippen LogP contribution in [-0.2, 0) is 24.8 Å². The van der Waals surface area contributed by atoms with Crippen LogP contribution in [0.15, 0.2) is 65.6 Å². The molecule has 0 fully saturated rings. The van der Waals surface area contributed by atoms with Crippen molar-refractivity contribution in [2.24, 2.45) is 0 Å². The van der Waals surface area contributed by atoms with E-state index in [1.54, 1.807) is 18.2 Å². The first kappa shape index (κ1) is 27.2. The number of carbonyl (C=O) groups excluding carboxylic acids is 1. The number of nitrogens with one attached hydrogen (secondary N) is 2. The number of rotatable bonds is 8. The third kappa shape index (κ3) is 6.44. The highest BCUT2D eigenvalue weighted by atomic mass is 32.2. The van der Waals surface area contributed by atoms with E-state index in [0.29, 0.717) is 17.1 Å². The Hall–Kier alpha value is -3.37. The molecule has 0 spiro atoms. The predicted molar refractivity (Wildman–Crippen MR) is 144 cm³/mol. The van der Waals surface area contributed by atoms with Crippen molar-refractivity contribution in [2.45, 2.75) is 45.6 Å². The van der Waals surface area contributed by atoms with Gasteiger partial charge >= 0.3 is 0 Å². The highest BCUT2D eigenvalue weighted by Gasteiger charge is 2.29. The molecule has 3 aromatic carbocycles. The Morgan fingerprint density at radius 1 is 0.806 bits per heavy atom. The maximum absolute atomic E-state index is 13.0. The molecular formula is C26H31N3O5S2. The molecule has 0 heterocycles. The van der Waals surface area contributed by atoms with Crippen molar-refractivity contribution in [3.63, 3.8) is 0 Å². The van der Waals surface area contributed by atoms with Gasteiger partial charge < -0.3 is 5.32 Å². The molecule has 0 aromatic heterocycles. The van der Waals surface area contributed by atoms with Crippen molar-refractivity contribution >= 4 is 43.0 Å². The predicted octanol–water partition coefficient (Wildman–Crippen LogP) is 4.51. The smallest absolute Gasteiger partial charge is 0.261 e. The Morgan fingerprint density at radius 2 is 1.39 bits per heavy atom. The second-order valence-electron chi connectivity index (χ2n) is 9.02. The van der Waals surface area contributed by atoms with Gasteiger partial charge in [-0.15, -0.1) is 0 Å². The molecule has 0 saturated heterocycles. The molecule has 0 aliphatic heterocycles. The zero-order valence-electron chi connectivity index (χ0n) is 21.2. The molecule has 2 N–H and O–H groups in total. The monoisotopic (exact) mass is 529 g/mol. The quantitative estimate of drug-likeness (QED) is 0.446. The molecule has 10 heteroatoms. The molecule has 8 nitrogen and oxygen atoms in total. The number of nitrogens with zero attached hydrogens (tertiary/aromatic N) is 1. The molecule has 1 atom stereocenters. The van der Waals surface area contributed by atoms with Gasteiger partial charge in [0.1, 0.15) is 6.04 Å². The summed E-state index contributed by atoms with van der Waals surface area (Å²) in [4.78, 5) is 13.0. The lowest BCUT2D eigenvalue weighted by atomic mass is 10.1. The van der Waals surface area contributed by atoms with Crippen LogP contribution in [0.5, 0.6) is 0 Å². The third-order valence-corrected chi connectivity index (χ3v) is 8.24. The van der Waals surface area contributed by atoms with Crippen LogP contribution >= 0.6 is 0 Å². The van der Waals surface area contributed by atoms with Gasteiger partial charge in [0.15, 0.2) is 0 Å². The summed E-state index contributed by atoms with van der Waals surface area (Å²) in [6.45, 7) is 8.90. The van der Waals surface area contributed by atoms with Gasteiger partial charge in [0.2, 0.25) is 15.9 Å². The summed E-state index contributed by atoms with van der Waals surface area (Å²) in [7, 11) is -7.61. The van der Waals surface area contributed by atoms with Crippen LogP contribution in [0.1, 0.15) is 29.2 Å². The maximum Gasteiger partial charge on any atom is 0.261 e. The largest absolute Gasteiger partial charge is 0.324 e. The molecule has 0 bridgehead atoms. The van der Waals surface area contributed by atoms with Gasteiger partial charge in [-0.25, -0.2) is 16.8 Å².